The number of hydrogen-bond acceptors (Lipinski definition) is 6. The molecule has 0 spiro atoms. The number of carbonyl (C=O) groups is 3. The van der Waals surface area contributed by atoms with Crippen molar-refractivity contribution in [2.24, 2.45) is 23.7 Å². The first-order valence-electron chi connectivity index (χ1n) is 11.3. The van der Waals surface area contributed by atoms with Gasteiger partial charge in [0.2, 0.25) is 17.7 Å². The molecule has 172 valence electrons. The molecular formula is C26H23N3O3S2. The van der Waals surface area contributed by atoms with E-state index in [0.717, 1.165) is 37.8 Å². The van der Waals surface area contributed by atoms with E-state index in [9.17, 15) is 14.4 Å². The lowest BCUT2D eigenvalue weighted by molar-refractivity contribution is -0.123. The van der Waals surface area contributed by atoms with Gasteiger partial charge in [0.25, 0.3) is 0 Å². The van der Waals surface area contributed by atoms with Crippen LogP contribution in [0.1, 0.15) is 17.5 Å². The number of thioether (sulfide) groups is 1. The van der Waals surface area contributed by atoms with Crippen LogP contribution in [0.25, 0.3) is 10.2 Å². The third kappa shape index (κ3) is 3.56. The summed E-state index contributed by atoms with van der Waals surface area (Å²) in [6.07, 6.45) is 5.13. The smallest absolute Gasteiger partial charge is 0.238 e. The molecule has 1 aromatic heterocycles. The molecule has 6 nitrogen and oxygen atoms in total. The topological polar surface area (TPSA) is 79.4 Å². The fraction of sp³-hybridized carbons (Fsp3) is 0.308. The summed E-state index contributed by atoms with van der Waals surface area (Å²) in [5.74, 6) is -0.00684. The molecule has 3 aromatic rings. The first-order chi connectivity index (χ1) is 16.4. The number of carbonyl (C=O) groups excluding carboxylic acids is 3. The van der Waals surface area contributed by atoms with Crippen LogP contribution in [0.4, 0.5) is 11.4 Å². The summed E-state index contributed by atoms with van der Waals surface area (Å²) in [7, 11) is 0. The standard InChI is InChI=1S/C26H23N3O3S2/c1-13-7-14(2)9-17(8-13)27-21(30)12-33-26-28-19-6-5-18(11-20(19)34-26)29-24(31)22-15-3-4-16(10-15)23(22)25(29)32/h3-9,11,15-16,22-23H,10,12H2,1-2H3,(H,27,30)/t15-,16-,22-,23-/m0/s1. The van der Waals surface area contributed by atoms with E-state index in [-0.39, 0.29) is 47.1 Å². The molecule has 4 atom stereocenters. The summed E-state index contributed by atoms with van der Waals surface area (Å²) >= 11 is 2.85. The molecule has 8 heteroatoms. The summed E-state index contributed by atoms with van der Waals surface area (Å²) in [5, 5.41) is 2.95. The number of amides is 3. The normalized spacial score (nSPS) is 24.9. The van der Waals surface area contributed by atoms with Gasteiger partial charge in [-0.1, -0.05) is 30.0 Å². The third-order valence-electron chi connectivity index (χ3n) is 6.91. The van der Waals surface area contributed by atoms with Crippen molar-refractivity contribution in [1.82, 2.24) is 4.98 Å². The van der Waals surface area contributed by atoms with Gasteiger partial charge in [0.1, 0.15) is 0 Å². The predicted octanol–water partition coefficient (Wildman–Crippen LogP) is 4.96. The quantitative estimate of drug-likeness (QED) is 0.311. The van der Waals surface area contributed by atoms with Crippen LogP contribution in [0.15, 0.2) is 52.9 Å². The highest BCUT2D eigenvalue weighted by atomic mass is 32.2. The zero-order valence-electron chi connectivity index (χ0n) is 18.8. The molecule has 0 unspecified atom stereocenters. The monoisotopic (exact) mass is 489 g/mol. The minimum atomic E-state index is -0.207. The van der Waals surface area contributed by atoms with Crippen LogP contribution in [0.2, 0.25) is 0 Å². The van der Waals surface area contributed by atoms with Gasteiger partial charge in [-0.2, -0.15) is 0 Å². The van der Waals surface area contributed by atoms with Crippen molar-refractivity contribution >= 4 is 62.4 Å². The Labute approximate surface area is 205 Å². The van der Waals surface area contributed by atoms with Gasteiger partial charge < -0.3 is 5.32 Å². The number of allylic oxidation sites excluding steroid dienone is 2. The molecule has 34 heavy (non-hydrogen) atoms. The summed E-state index contributed by atoms with van der Waals surface area (Å²) in [6, 6.07) is 11.5. The maximum atomic E-state index is 13.1. The van der Waals surface area contributed by atoms with E-state index < -0.39 is 0 Å². The lowest BCUT2D eigenvalue weighted by Crippen LogP contribution is -2.32. The number of fused-ring (bicyclic) bond motifs is 6. The van der Waals surface area contributed by atoms with Crippen LogP contribution in [-0.4, -0.2) is 28.5 Å². The number of hydrogen-bond donors (Lipinski definition) is 1. The van der Waals surface area contributed by atoms with Gasteiger partial charge in [0, 0.05) is 5.69 Å². The van der Waals surface area contributed by atoms with Gasteiger partial charge in [-0.3, -0.25) is 14.4 Å². The minimum Gasteiger partial charge on any atom is -0.325 e. The first-order valence-corrected chi connectivity index (χ1v) is 13.2. The molecule has 0 radical (unpaired) electrons. The zero-order chi connectivity index (χ0) is 23.6. The van der Waals surface area contributed by atoms with Gasteiger partial charge in [-0.25, -0.2) is 9.88 Å². The number of aromatic nitrogens is 1. The molecule has 1 saturated heterocycles. The lowest BCUT2D eigenvalue weighted by Gasteiger charge is -2.17. The largest absolute Gasteiger partial charge is 0.325 e. The van der Waals surface area contributed by atoms with E-state index in [2.05, 4.69) is 28.5 Å². The fourth-order valence-corrected chi connectivity index (χ4v) is 7.52. The number of aryl methyl sites for hydroxylation is 2. The van der Waals surface area contributed by atoms with E-state index in [1.807, 2.05) is 38.1 Å². The van der Waals surface area contributed by atoms with Crippen molar-refractivity contribution in [2.45, 2.75) is 24.6 Å². The number of imide groups is 1. The van der Waals surface area contributed by atoms with E-state index in [4.69, 9.17) is 0 Å². The predicted molar refractivity (Wildman–Crippen MR) is 135 cm³/mol. The Hall–Kier alpha value is -2.97. The minimum absolute atomic E-state index is 0.0756. The van der Waals surface area contributed by atoms with Gasteiger partial charge in [0.15, 0.2) is 4.34 Å². The van der Waals surface area contributed by atoms with Crippen molar-refractivity contribution in [3.05, 3.63) is 59.7 Å². The van der Waals surface area contributed by atoms with Crippen LogP contribution >= 0.6 is 23.1 Å². The number of nitrogens with zero attached hydrogens (tertiary/aromatic N) is 2. The molecular weight excluding hydrogens is 466 g/mol. The number of thiazole rings is 1. The Morgan fingerprint density at radius 1 is 1.06 bits per heavy atom. The molecule has 2 aromatic carbocycles. The Kier molecular flexibility index (Phi) is 5.11. The number of anilines is 2. The van der Waals surface area contributed by atoms with Gasteiger partial charge in [0.05, 0.1) is 33.5 Å². The second-order valence-electron chi connectivity index (χ2n) is 9.36. The third-order valence-corrected chi connectivity index (χ3v) is 9.07. The van der Waals surface area contributed by atoms with Crippen molar-refractivity contribution in [3.8, 4) is 0 Å². The molecule has 6 rings (SSSR count). The Morgan fingerprint density at radius 3 is 2.41 bits per heavy atom. The van der Waals surface area contributed by atoms with Crippen molar-refractivity contribution in [1.29, 1.82) is 0 Å². The SMILES string of the molecule is Cc1cc(C)cc(NC(=O)CSc2nc3ccc(N4C(=O)[C@@H]5[C@@H](C4=O)[C@H]4C=C[C@H]5C4)cc3s2)c1. The van der Waals surface area contributed by atoms with E-state index in [1.165, 1.54) is 28.0 Å². The van der Waals surface area contributed by atoms with E-state index >= 15 is 0 Å². The highest BCUT2D eigenvalue weighted by Crippen LogP contribution is 2.53. The van der Waals surface area contributed by atoms with E-state index in [0.29, 0.717) is 5.69 Å². The van der Waals surface area contributed by atoms with Crippen molar-refractivity contribution in [3.63, 3.8) is 0 Å². The summed E-state index contributed by atoms with van der Waals surface area (Å²) in [5.41, 5.74) is 4.42. The maximum absolute atomic E-state index is 13.1. The summed E-state index contributed by atoms with van der Waals surface area (Å²) < 4.78 is 1.68. The van der Waals surface area contributed by atoms with Crippen LogP contribution in [-0.2, 0) is 14.4 Å². The molecule has 1 aliphatic heterocycles. The number of rotatable bonds is 5. The van der Waals surface area contributed by atoms with Gasteiger partial charge >= 0.3 is 0 Å². The Bertz CT molecular complexity index is 1340. The fourth-order valence-electron chi connectivity index (χ4n) is 5.62. The average molecular weight is 490 g/mol. The second kappa shape index (κ2) is 8.06. The maximum Gasteiger partial charge on any atom is 0.238 e. The zero-order valence-corrected chi connectivity index (χ0v) is 20.4. The molecule has 2 heterocycles. The lowest BCUT2D eigenvalue weighted by atomic mass is 9.85. The Morgan fingerprint density at radius 2 is 1.74 bits per heavy atom. The van der Waals surface area contributed by atoms with Crippen molar-refractivity contribution in [2.75, 3.05) is 16.0 Å². The van der Waals surface area contributed by atoms with Crippen LogP contribution in [0.5, 0.6) is 0 Å². The summed E-state index contributed by atoms with van der Waals surface area (Å²) in [6.45, 7) is 4.01. The highest BCUT2D eigenvalue weighted by molar-refractivity contribution is 8.01. The molecule has 2 fully saturated rings. The molecule has 3 aliphatic rings. The highest BCUT2D eigenvalue weighted by Gasteiger charge is 2.59. The average Bonchev–Trinajstić information content (AvgIpc) is 3.54. The molecule has 1 saturated carbocycles. The van der Waals surface area contributed by atoms with Crippen LogP contribution < -0.4 is 10.2 Å². The Balaban J connectivity index is 1.16. The molecule has 2 aliphatic carbocycles. The molecule has 2 bridgehead atoms. The summed E-state index contributed by atoms with van der Waals surface area (Å²) in [4.78, 5) is 44.7. The van der Waals surface area contributed by atoms with Crippen molar-refractivity contribution < 1.29 is 14.4 Å². The van der Waals surface area contributed by atoms with E-state index in [1.54, 1.807) is 6.07 Å². The van der Waals surface area contributed by atoms with Gasteiger partial charge in [-0.05, 0) is 73.6 Å². The first kappa shape index (κ1) is 21.6. The van der Waals surface area contributed by atoms with Crippen LogP contribution in [0.3, 0.4) is 0 Å². The number of nitrogens with one attached hydrogen (secondary N) is 1. The second-order valence-corrected chi connectivity index (χ2v) is 11.6. The van der Waals surface area contributed by atoms with Crippen LogP contribution in [0, 0.1) is 37.5 Å². The molecule has 1 N–H and O–H groups in total. The number of benzene rings is 2. The van der Waals surface area contributed by atoms with Gasteiger partial charge in [-0.15, -0.1) is 11.3 Å². The molecule has 3 amide bonds.